The van der Waals surface area contributed by atoms with E-state index in [9.17, 15) is 14.7 Å². The number of hydrogen-bond donors (Lipinski definition) is 3. The van der Waals surface area contributed by atoms with Gasteiger partial charge in [0.25, 0.3) is 5.91 Å². The van der Waals surface area contributed by atoms with Gasteiger partial charge in [-0.3, -0.25) is 4.79 Å². The maximum Gasteiger partial charge on any atom is 0.352 e. The first kappa shape index (κ1) is 22.7. The molecule has 0 radical (unpaired) electrons. The van der Waals surface area contributed by atoms with E-state index in [0.29, 0.717) is 35.1 Å². The number of hydrogen-bond acceptors (Lipinski definition) is 7. The Hall–Kier alpha value is -4.47. The molecular formula is C24H24N4O6. The number of ether oxygens (including phenoxy) is 3. The van der Waals surface area contributed by atoms with E-state index in [2.05, 4.69) is 15.7 Å². The van der Waals surface area contributed by atoms with Crippen molar-refractivity contribution >= 4 is 23.4 Å². The van der Waals surface area contributed by atoms with Crippen LogP contribution in [0.3, 0.4) is 0 Å². The Bertz CT molecular complexity index is 1250. The second kappa shape index (κ2) is 9.57. The van der Waals surface area contributed by atoms with Crippen LogP contribution < -0.4 is 24.8 Å². The quantitative estimate of drug-likeness (QED) is 0.463. The first-order valence-corrected chi connectivity index (χ1v) is 10.5. The average molecular weight is 464 g/mol. The average Bonchev–Trinajstić information content (AvgIpc) is 3.28. The molecule has 4 rings (SSSR count). The van der Waals surface area contributed by atoms with Gasteiger partial charge in [0.2, 0.25) is 0 Å². The third-order valence-electron chi connectivity index (χ3n) is 5.29. The summed E-state index contributed by atoms with van der Waals surface area (Å²) in [5.74, 6) is 0.421. The molecule has 1 atom stereocenters. The van der Waals surface area contributed by atoms with Crippen LogP contribution >= 0.6 is 0 Å². The van der Waals surface area contributed by atoms with Crippen LogP contribution in [-0.2, 0) is 4.79 Å². The highest BCUT2D eigenvalue weighted by atomic mass is 16.5. The first-order chi connectivity index (χ1) is 16.4. The van der Waals surface area contributed by atoms with E-state index < -0.39 is 17.9 Å². The molecule has 0 fully saturated rings. The zero-order chi connectivity index (χ0) is 24.2. The summed E-state index contributed by atoms with van der Waals surface area (Å²) in [5, 5.41) is 19.7. The molecule has 1 aromatic heterocycles. The molecule has 176 valence electrons. The van der Waals surface area contributed by atoms with Crippen molar-refractivity contribution < 1.29 is 28.9 Å². The number of amides is 1. The largest absolute Gasteiger partial charge is 0.497 e. The van der Waals surface area contributed by atoms with E-state index in [1.165, 1.54) is 31.2 Å². The van der Waals surface area contributed by atoms with Gasteiger partial charge in [-0.15, -0.1) is 0 Å². The van der Waals surface area contributed by atoms with Gasteiger partial charge in [0.05, 0.1) is 27.0 Å². The van der Waals surface area contributed by atoms with E-state index in [4.69, 9.17) is 14.2 Å². The maximum atomic E-state index is 13.1. The minimum atomic E-state index is -1.17. The molecule has 0 bridgehead atoms. The predicted octanol–water partition coefficient (Wildman–Crippen LogP) is 3.53. The Labute approximate surface area is 195 Å². The summed E-state index contributed by atoms with van der Waals surface area (Å²) in [6.45, 7) is 2.43. The smallest absolute Gasteiger partial charge is 0.352 e. The number of rotatable bonds is 8. The molecule has 0 saturated heterocycles. The van der Waals surface area contributed by atoms with Gasteiger partial charge < -0.3 is 30.0 Å². The molecule has 0 saturated carbocycles. The molecule has 2 heterocycles. The number of methoxy groups -OCH3 is 2. The molecule has 0 unspecified atom stereocenters. The van der Waals surface area contributed by atoms with Gasteiger partial charge in [0, 0.05) is 11.3 Å². The van der Waals surface area contributed by atoms with Crippen LogP contribution in [0, 0.1) is 0 Å². The molecule has 10 heteroatoms. The number of aromatic nitrogens is 2. The fourth-order valence-electron chi connectivity index (χ4n) is 3.68. The van der Waals surface area contributed by atoms with E-state index in [-0.39, 0.29) is 17.1 Å². The van der Waals surface area contributed by atoms with Crippen molar-refractivity contribution in [1.82, 2.24) is 9.78 Å². The lowest BCUT2D eigenvalue weighted by Crippen LogP contribution is -2.26. The summed E-state index contributed by atoms with van der Waals surface area (Å²) in [5.41, 5.74) is 1.29. The number of carbonyl (C=O) groups is 2. The van der Waals surface area contributed by atoms with E-state index in [0.717, 1.165) is 0 Å². The lowest BCUT2D eigenvalue weighted by atomic mass is 10.0. The van der Waals surface area contributed by atoms with Gasteiger partial charge in [-0.1, -0.05) is 0 Å². The number of benzene rings is 2. The summed E-state index contributed by atoms with van der Waals surface area (Å²) in [7, 11) is 3.06. The number of carboxylic acids is 1. The number of carboxylic acid groups (broad SMARTS) is 1. The highest BCUT2D eigenvalue weighted by Crippen LogP contribution is 2.38. The summed E-state index contributed by atoms with van der Waals surface area (Å²) in [6, 6.07) is 11.5. The SMILES string of the molecule is CCOc1ccc(NC(=O)c2cnn3c2NC(C(=O)O)=C[C@@H]3c2cc(OC)ccc2OC)cc1. The van der Waals surface area contributed by atoms with Gasteiger partial charge in [-0.05, 0) is 55.5 Å². The normalized spacial score (nSPS) is 14.3. The minimum Gasteiger partial charge on any atom is -0.497 e. The summed E-state index contributed by atoms with van der Waals surface area (Å²) < 4.78 is 17.8. The lowest BCUT2D eigenvalue weighted by molar-refractivity contribution is -0.132. The van der Waals surface area contributed by atoms with Crippen LogP contribution in [0.1, 0.15) is 28.9 Å². The first-order valence-electron chi connectivity index (χ1n) is 10.5. The minimum absolute atomic E-state index is 0.0852. The molecule has 2 aromatic carbocycles. The van der Waals surface area contributed by atoms with Crippen molar-refractivity contribution in [2.45, 2.75) is 13.0 Å². The number of allylic oxidation sites excluding steroid dienone is 1. The van der Waals surface area contributed by atoms with E-state index >= 15 is 0 Å². The number of carbonyl (C=O) groups excluding carboxylic acids is 1. The van der Waals surface area contributed by atoms with Crippen LogP contribution in [0.4, 0.5) is 11.5 Å². The molecule has 3 N–H and O–H groups in total. The zero-order valence-corrected chi connectivity index (χ0v) is 18.9. The Morgan fingerprint density at radius 1 is 1.12 bits per heavy atom. The molecule has 1 aliphatic heterocycles. The molecule has 1 aliphatic rings. The molecular weight excluding hydrogens is 440 g/mol. The van der Waals surface area contributed by atoms with Crippen LogP contribution in [0.2, 0.25) is 0 Å². The molecule has 34 heavy (non-hydrogen) atoms. The van der Waals surface area contributed by atoms with Crippen LogP contribution in [0.15, 0.2) is 60.4 Å². The van der Waals surface area contributed by atoms with Crippen LogP contribution in [-0.4, -0.2) is 47.6 Å². The number of fused-ring (bicyclic) bond motifs is 1. The van der Waals surface area contributed by atoms with Crippen molar-refractivity contribution in [2.24, 2.45) is 0 Å². The zero-order valence-electron chi connectivity index (χ0n) is 18.9. The Morgan fingerprint density at radius 3 is 2.50 bits per heavy atom. The van der Waals surface area contributed by atoms with Gasteiger partial charge >= 0.3 is 5.97 Å². The predicted molar refractivity (Wildman–Crippen MR) is 125 cm³/mol. The Kier molecular flexibility index (Phi) is 6.39. The highest BCUT2D eigenvalue weighted by Gasteiger charge is 2.31. The van der Waals surface area contributed by atoms with Gasteiger partial charge in [0.1, 0.15) is 40.4 Å². The summed E-state index contributed by atoms with van der Waals surface area (Å²) in [6.07, 6.45) is 2.90. The second-order valence-electron chi connectivity index (χ2n) is 7.33. The second-order valence-corrected chi connectivity index (χ2v) is 7.33. The van der Waals surface area contributed by atoms with Crippen molar-refractivity contribution in [3.8, 4) is 17.2 Å². The molecule has 0 spiro atoms. The standard InChI is InChI=1S/C24H24N4O6/c1-4-34-15-7-5-14(6-8-15)26-23(29)18-13-25-28-20(12-19(24(30)31)27-22(18)28)17-11-16(32-2)9-10-21(17)33-3/h5-13,20,27H,4H2,1-3H3,(H,26,29)(H,30,31)/t20-/m1/s1. The fraction of sp³-hybridized carbons (Fsp3) is 0.208. The van der Waals surface area contributed by atoms with Crippen LogP contribution in [0.25, 0.3) is 0 Å². The summed E-state index contributed by atoms with van der Waals surface area (Å²) in [4.78, 5) is 24.9. The van der Waals surface area contributed by atoms with Crippen LogP contribution in [0.5, 0.6) is 17.2 Å². The Morgan fingerprint density at radius 2 is 1.85 bits per heavy atom. The van der Waals surface area contributed by atoms with E-state index in [1.54, 1.807) is 42.5 Å². The number of nitrogens with one attached hydrogen (secondary N) is 2. The third-order valence-corrected chi connectivity index (χ3v) is 5.29. The summed E-state index contributed by atoms with van der Waals surface area (Å²) >= 11 is 0. The van der Waals surface area contributed by atoms with E-state index in [1.807, 2.05) is 6.92 Å². The van der Waals surface area contributed by atoms with Crippen molar-refractivity contribution in [3.05, 3.63) is 71.6 Å². The third kappa shape index (κ3) is 4.38. The molecule has 0 aliphatic carbocycles. The van der Waals surface area contributed by atoms with Crippen molar-refractivity contribution in [1.29, 1.82) is 0 Å². The number of anilines is 2. The molecule has 10 nitrogen and oxygen atoms in total. The van der Waals surface area contributed by atoms with Crippen molar-refractivity contribution in [3.63, 3.8) is 0 Å². The fourth-order valence-corrected chi connectivity index (χ4v) is 3.68. The molecule has 3 aromatic rings. The monoisotopic (exact) mass is 464 g/mol. The van der Waals surface area contributed by atoms with Gasteiger partial charge in [-0.25, -0.2) is 9.48 Å². The van der Waals surface area contributed by atoms with Gasteiger partial charge in [0.15, 0.2) is 0 Å². The highest BCUT2D eigenvalue weighted by molar-refractivity contribution is 6.08. The van der Waals surface area contributed by atoms with Crippen molar-refractivity contribution in [2.75, 3.05) is 31.5 Å². The number of aliphatic carboxylic acids is 1. The lowest BCUT2D eigenvalue weighted by Gasteiger charge is -2.26. The molecule has 1 amide bonds. The van der Waals surface area contributed by atoms with Gasteiger partial charge in [-0.2, -0.15) is 5.10 Å². The maximum absolute atomic E-state index is 13.1. The topological polar surface area (TPSA) is 124 Å². The Balaban J connectivity index is 1.70. The number of nitrogens with zero attached hydrogens (tertiary/aromatic N) is 2.